The summed E-state index contributed by atoms with van der Waals surface area (Å²) in [7, 11) is -0.484. The number of nitrogens with zero attached hydrogens (tertiary/aromatic N) is 2. The maximum Gasteiger partial charge on any atom is 0.233 e. The molecule has 8 nitrogen and oxygen atoms in total. The predicted octanol–water partition coefficient (Wildman–Crippen LogP) is -1.48. The van der Waals surface area contributed by atoms with Crippen LogP contribution >= 0.6 is 0 Å². The number of oxime groups is 1. The fourth-order valence-corrected chi connectivity index (χ4v) is 2.19. The number of hydrogen-bond donors (Lipinski definition) is 3. The number of amidine groups is 1. The summed E-state index contributed by atoms with van der Waals surface area (Å²) in [6.07, 6.45) is 1.02. The molecule has 1 rings (SSSR count). The van der Waals surface area contributed by atoms with Crippen molar-refractivity contribution in [2.75, 3.05) is 26.4 Å². The smallest absolute Gasteiger partial charge is 0.233 e. The van der Waals surface area contributed by atoms with Crippen LogP contribution < -0.4 is 11.1 Å². The van der Waals surface area contributed by atoms with Crippen LogP contribution in [0.1, 0.15) is 12.8 Å². The molecule has 0 aromatic carbocycles. The highest BCUT2D eigenvalue weighted by Crippen LogP contribution is 2.45. The van der Waals surface area contributed by atoms with Gasteiger partial charge in [0.15, 0.2) is 5.84 Å². The monoisotopic (exact) mass is 278 g/mol. The molecule has 0 aliphatic heterocycles. The Balaban J connectivity index is 2.49. The highest BCUT2D eigenvalue weighted by atomic mass is 32.2. The number of nitrogens with one attached hydrogen (secondary N) is 1. The first-order chi connectivity index (χ1) is 8.26. The molecule has 0 spiro atoms. The van der Waals surface area contributed by atoms with Gasteiger partial charge in [0.2, 0.25) is 15.9 Å². The molecule has 0 saturated heterocycles. The van der Waals surface area contributed by atoms with Gasteiger partial charge in [-0.25, -0.2) is 12.7 Å². The zero-order valence-corrected chi connectivity index (χ0v) is 11.2. The first kappa shape index (κ1) is 14.7. The molecule has 0 unspecified atom stereocenters. The number of sulfonamides is 1. The van der Waals surface area contributed by atoms with E-state index in [-0.39, 0.29) is 18.1 Å². The third kappa shape index (κ3) is 2.91. The second-order valence-electron chi connectivity index (χ2n) is 4.42. The summed E-state index contributed by atoms with van der Waals surface area (Å²) in [5.74, 6) is -0.708. The van der Waals surface area contributed by atoms with Crippen molar-refractivity contribution in [3.05, 3.63) is 0 Å². The molecule has 18 heavy (non-hydrogen) atoms. The molecular weight excluding hydrogens is 260 g/mol. The molecule has 1 amide bonds. The lowest BCUT2D eigenvalue weighted by Crippen LogP contribution is -2.43. The number of rotatable bonds is 6. The highest BCUT2D eigenvalue weighted by molar-refractivity contribution is 7.89. The van der Waals surface area contributed by atoms with Crippen LogP contribution in [0.15, 0.2) is 5.16 Å². The molecule has 1 fully saturated rings. The van der Waals surface area contributed by atoms with Gasteiger partial charge in [-0.05, 0) is 12.8 Å². The Labute approximate surface area is 106 Å². The number of carbonyl (C=O) groups excluding carboxylic acids is 1. The Morgan fingerprint density at radius 1 is 1.50 bits per heavy atom. The number of hydrogen-bond acceptors (Lipinski definition) is 5. The average Bonchev–Trinajstić information content (AvgIpc) is 3.08. The van der Waals surface area contributed by atoms with Crippen molar-refractivity contribution in [3.8, 4) is 0 Å². The zero-order chi connectivity index (χ0) is 14.0. The lowest BCUT2D eigenvalue weighted by atomic mass is 10.1. The van der Waals surface area contributed by atoms with E-state index in [1.807, 2.05) is 0 Å². The quantitative estimate of drug-likeness (QED) is 0.236. The third-order valence-electron chi connectivity index (χ3n) is 2.98. The molecule has 0 aromatic heterocycles. The minimum absolute atomic E-state index is 0.000193. The van der Waals surface area contributed by atoms with E-state index < -0.39 is 21.3 Å². The van der Waals surface area contributed by atoms with Crippen LogP contribution in [-0.4, -0.2) is 56.1 Å². The van der Waals surface area contributed by atoms with Gasteiger partial charge in [-0.2, -0.15) is 0 Å². The van der Waals surface area contributed by atoms with E-state index in [4.69, 9.17) is 10.9 Å². The lowest BCUT2D eigenvalue weighted by Gasteiger charge is -2.15. The molecule has 104 valence electrons. The Kier molecular flexibility index (Phi) is 4.17. The molecule has 0 aromatic rings. The molecule has 9 heteroatoms. The summed E-state index contributed by atoms with van der Waals surface area (Å²) in [6.45, 7) is -0.000193. The molecular formula is C9H18N4O4S. The van der Waals surface area contributed by atoms with E-state index >= 15 is 0 Å². The van der Waals surface area contributed by atoms with Crippen molar-refractivity contribution in [1.29, 1.82) is 0 Å². The summed E-state index contributed by atoms with van der Waals surface area (Å²) in [6, 6.07) is 0. The second kappa shape index (κ2) is 5.11. The van der Waals surface area contributed by atoms with Crippen LogP contribution in [0.25, 0.3) is 0 Å². The minimum Gasteiger partial charge on any atom is -0.409 e. The van der Waals surface area contributed by atoms with E-state index in [0.29, 0.717) is 12.8 Å². The Bertz CT molecular complexity index is 453. The number of nitrogens with two attached hydrogens (primary N) is 1. The fourth-order valence-electron chi connectivity index (χ4n) is 1.47. The van der Waals surface area contributed by atoms with Gasteiger partial charge in [-0.1, -0.05) is 5.16 Å². The Hall–Kier alpha value is -1.35. The van der Waals surface area contributed by atoms with Gasteiger partial charge in [-0.3, -0.25) is 4.79 Å². The van der Waals surface area contributed by atoms with E-state index in [0.717, 1.165) is 4.31 Å². The van der Waals surface area contributed by atoms with Crippen molar-refractivity contribution in [2.45, 2.75) is 12.8 Å². The molecule has 1 aliphatic carbocycles. The highest BCUT2D eigenvalue weighted by Gasteiger charge is 2.54. The average molecular weight is 278 g/mol. The maximum atomic E-state index is 11.8. The fraction of sp³-hybridized carbons (Fsp3) is 0.778. The molecule has 1 saturated carbocycles. The predicted molar refractivity (Wildman–Crippen MR) is 65.6 cm³/mol. The minimum atomic E-state index is -3.34. The van der Waals surface area contributed by atoms with Crippen LogP contribution in [0.5, 0.6) is 0 Å². The van der Waals surface area contributed by atoms with E-state index in [9.17, 15) is 13.2 Å². The van der Waals surface area contributed by atoms with Gasteiger partial charge < -0.3 is 16.3 Å². The van der Waals surface area contributed by atoms with E-state index in [2.05, 4.69) is 10.5 Å². The molecule has 0 radical (unpaired) electrons. The van der Waals surface area contributed by atoms with Gasteiger partial charge >= 0.3 is 0 Å². The van der Waals surface area contributed by atoms with Crippen LogP contribution in [-0.2, 0) is 14.8 Å². The molecule has 4 N–H and O–H groups in total. The van der Waals surface area contributed by atoms with Crippen molar-refractivity contribution in [2.24, 2.45) is 16.3 Å². The number of amides is 1. The van der Waals surface area contributed by atoms with Gasteiger partial charge in [0.25, 0.3) is 0 Å². The van der Waals surface area contributed by atoms with Crippen LogP contribution in [0.3, 0.4) is 0 Å². The third-order valence-corrected chi connectivity index (χ3v) is 4.82. The van der Waals surface area contributed by atoms with Crippen molar-refractivity contribution >= 4 is 21.8 Å². The normalized spacial score (nSPS) is 18.7. The van der Waals surface area contributed by atoms with Crippen LogP contribution in [0.2, 0.25) is 0 Å². The zero-order valence-electron chi connectivity index (χ0n) is 10.4. The summed E-state index contributed by atoms with van der Waals surface area (Å²) >= 11 is 0. The van der Waals surface area contributed by atoms with Crippen molar-refractivity contribution in [3.63, 3.8) is 0 Å². The first-order valence-electron chi connectivity index (χ1n) is 5.43. The molecule has 0 heterocycles. The van der Waals surface area contributed by atoms with Crippen LogP contribution in [0, 0.1) is 5.41 Å². The Morgan fingerprint density at radius 2 is 2.06 bits per heavy atom. The summed E-state index contributed by atoms with van der Waals surface area (Å²) < 4.78 is 24.0. The van der Waals surface area contributed by atoms with Crippen LogP contribution in [0.4, 0.5) is 0 Å². The van der Waals surface area contributed by atoms with E-state index in [1.54, 1.807) is 0 Å². The topological polar surface area (TPSA) is 125 Å². The van der Waals surface area contributed by atoms with Gasteiger partial charge in [0, 0.05) is 20.6 Å². The SMILES string of the molecule is CN(C)S(=O)(=O)CCNC(=O)C1(C(N)=NO)CC1. The second-order valence-corrected chi connectivity index (χ2v) is 6.72. The lowest BCUT2D eigenvalue weighted by molar-refractivity contribution is -0.124. The van der Waals surface area contributed by atoms with Gasteiger partial charge in [0.05, 0.1) is 5.75 Å². The Morgan fingerprint density at radius 3 is 2.44 bits per heavy atom. The van der Waals surface area contributed by atoms with Crippen molar-refractivity contribution in [1.82, 2.24) is 9.62 Å². The molecule has 0 bridgehead atoms. The maximum absolute atomic E-state index is 11.8. The van der Waals surface area contributed by atoms with Gasteiger partial charge in [0.1, 0.15) is 5.41 Å². The van der Waals surface area contributed by atoms with Crippen molar-refractivity contribution < 1.29 is 18.4 Å². The van der Waals surface area contributed by atoms with E-state index in [1.165, 1.54) is 14.1 Å². The first-order valence-corrected chi connectivity index (χ1v) is 7.04. The standard InChI is InChI=1S/C9H18N4O4S/c1-13(2)18(16,17)6-5-11-8(14)9(3-4-9)7(10)12-15/h15H,3-6H2,1-2H3,(H2,10,12)(H,11,14). The van der Waals surface area contributed by atoms with Gasteiger partial charge in [-0.15, -0.1) is 0 Å². The number of carbonyl (C=O) groups is 1. The molecule has 1 aliphatic rings. The summed E-state index contributed by atoms with van der Waals surface area (Å²) in [5, 5.41) is 13.9. The largest absolute Gasteiger partial charge is 0.409 e. The summed E-state index contributed by atoms with van der Waals surface area (Å²) in [4.78, 5) is 11.8. The summed E-state index contributed by atoms with van der Waals surface area (Å²) in [5.41, 5.74) is 4.48. The molecule has 0 atom stereocenters.